The Hall–Kier alpha value is -1.59. The molecule has 88 valence electrons. The lowest BCUT2D eigenvalue weighted by Gasteiger charge is -2.24. The van der Waals surface area contributed by atoms with Crippen LogP contribution in [0.4, 0.5) is 0 Å². The molecule has 2 amide bonds. The standard InChI is InChI=1S/C10H14N2O4/c13-8-4-3-6(11-8)9(14)12-5-1-2-7(12)10(15)16/h6-7H,1-5H2,(H,11,13)(H,15,16)/t6?,7-/m0/s1. The summed E-state index contributed by atoms with van der Waals surface area (Å²) in [6.07, 6.45) is 2.04. The maximum Gasteiger partial charge on any atom is 0.326 e. The van der Waals surface area contributed by atoms with Crippen LogP contribution in [0.5, 0.6) is 0 Å². The highest BCUT2D eigenvalue weighted by Crippen LogP contribution is 2.20. The monoisotopic (exact) mass is 226 g/mol. The van der Waals surface area contributed by atoms with Gasteiger partial charge in [0.1, 0.15) is 12.1 Å². The molecule has 0 aliphatic carbocycles. The molecular formula is C10H14N2O4. The van der Waals surface area contributed by atoms with E-state index in [1.165, 1.54) is 4.90 Å². The van der Waals surface area contributed by atoms with Crippen molar-refractivity contribution in [2.24, 2.45) is 0 Å². The zero-order valence-corrected chi connectivity index (χ0v) is 8.81. The Balaban J connectivity index is 2.03. The van der Waals surface area contributed by atoms with Gasteiger partial charge in [0.05, 0.1) is 0 Å². The lowest BCUT2D eigenvalue weighted by molar-refractivity contribution is -0.149. The minimum atomic E-state index is -0.963. The van der Waals surface area contributed by atoms with Gasteiger partial charge in [-0.3, -0.25) is 9.59 Å². The molecule has 2 rings (SSSR count). The van der Waals surface area contributed by atoms with Crippen LogP contribution in [0.3, 0.4) is 0 Å². The molecule has 2 heterocycles. The fraction of sp³-hybridized carbons (Fsp3) is 0.700. The zero-order chi connectivity index (χ0) is 11.7. The Bertz CT molecular complexity index is 342. The van der Waals surface area contributed by atoms with Crippen molar-refractivity contribution in [1.29, 1.82) is 0 Å². The second kappa shape index (κ2) is 4.11. The smallest absolute Gasteiger partial charge is 0.326 e. The van der Waals surface area contributed by atoms with E-state index < -0.39 is 18.1 Å². The third-order valence-electron chi connectivity index (χ3n) is 3.11. The predicted molar refractivity (Wildman–Crippen MR) is 53.5 cm³/mol. The van der Waals surface area contributed by atoms with Gasteiger partial charge < -0.3 is 15.3 Å². The summed E-state index contributed by atoms with van der Waals surface area (Å²) >= 11 is 0. The number of hydrogen-bond acceptors (Lipinski definition) is 3. The van der Waals surface area contributed by atoms with E-state index in [4.69, 9.17) is 5.11 Å². The first-order valence-corrected chi connectivity index (χ1v) is 5.42. The normalized spacial score (nSPS) is 29.2. The molecule has 0 aromatic carbocycles. The Morgan fingerprint density at radius 3 is 2.69 bits per heavy atom. The van der Waals surface area contributed by atoms with Crippen molar-refractivity contribution in [3.63, 3.8) is 0 Å². The number of nitrogens with zero attached hydrogens (tertiary/aromatic N) is 1. The van der Waals surface area contributed by atoms with Crippen LogP contribution in [-0.2, 0) is 14.4 Å². The summed E-state index contributed by atoms with van der Waals surface area (Å²) in [5.74, 6) is -1.35. The summed E-state index contributed by atoms with van der Waals surface area (Å²) in [5, 5.41) is 11.5. The van der Waals surface area contributed by atoms with Crippen molar-refractivity contribution in [3.05, 3.63) is 0 Å². The second-order valence-corrected chi connectivity index (χ2v) is 4.19. The fourth-order valence-electron chi connectivity index (χ4n) is 2.29. The average molecular weight is 226 g/mol. The summed E-state index contributed by atoms with van der Waals surface area (Å²) < 4.78 is 0. The molecule has 0 radical (unpaired) electrons. The molecular weight excluding hydrogens is 212 g/mol. The maximum atomic E-state index is 12.0. The number of rotatable bonds is 2. The van der Waals surface area contributed by atoms with E-state index in [1.807, 2.05) is 0 Å². The first kappa shape index (κ1) is 10.9. The van der Waals surface area contributed by atoms with Crippen LogP contribution in [0.15, 0.2) is 0 Å². The van der Waals surface area contributed by atoms with Crippen LogP contribution in [-0.4, -0.2) is 46.4 Å². The average Bonchev–Trinajstić information content (AvgIpc) is 2.84. The molecule has 0 bridgehead atoms. The summed E-state index contributed by atoms with van der Waals surface area (Å²) in [6.45, 7) is 0.474. The summed E-state index contributed by atoms with van der Waals surface area (Å²) in [7, 11) is 0. The van der Waals surface area contributed by atoms with E-state index in [-0.39, 0.29) is 11.8 Å². The molecule has 2 N–H and O–H groups in total. The van der Waals surface area contributed by atoms with Crippen molar-refractivity contribution >= 4 is 17.8 Å². The summed E-state index contributed by atoms with van der Waals surface area (Å²) in [6, 6.07) is -1.24. The van der Waals surface area contributed by atoms with Gasteiger partial charge in [0, 0.05) is 13.0 Å². The zero-order valence-electron chi connectivity index (χ0n) is 8.81. The Morgan fingerprint density at radius 2 is 2.12 bits per heavy atom. The molecule has 16 heavy (non-hydrogen) atoms. The molecule has 2 fully saturated rings. The molecule has 0 saturated carbocycles. The number of carbonyl (C=O) groups excluding carboxylic acids is 2. The number of hydrogen-bond donors (Lipinski definition) is 2. The van der Waals surface area contributed by atoms with Crippen LogP contribution in [0.2, 0.25) is 0 Å². The number of likely N-dealkylation sites (tertiary alicyclic amines) is 1. The van der Waals surface area contributed by atoms with Gasteiger partial charge in [-0.05, 0) is 19.3 Å². The minimum absolute atomic E-state index is 0.135. The van der Waals surface area contributed by atoms with E-state index in [0.717, 1.165) is 0 Å². The molecule has 2 saturated heterocycles. The molecule has 2 atom stereocenters. The molecule has 0 aromatic heterocycles. The van der Waals surface area contributed by atoms with E-state index in [0.29, 0.717) is 32.2 Å². The molecule has 0 spiro atoms. The van der Waals surface area contributed by atoms with Crippen molar-refractivity contribution in [1.82, 2.24) is 10.2 Å². The highest BCUT2D eigenvalue weighted by molar-refractivity contribution is 5.93. The molecule has 6 nitrogen and oxygen atoms in total. The number of carboxylic acids is 1. The largest absolute Gasteiger partial charge is 0.480 e. The topological polar surface area (TPSA) is 86.7 Å². The predicted octanol–water partition coefficient (Wildman–Crippen LogP) is -0.659. The van der Waals surface area contributed by atoms with Gasteiger partial charge in [0.15, 0.2) is 0 Å². The van der Waals surface area contributed by atoms with E-state index in [1.54, 1.807) is 0 Å². The van der Waals surface area contributed by atoms with E-state index in [9.17, 15) is 14.4 Å². The third-order valence-corrected chi connectivity index (χ3v) is 3.11. The lowest BCUT2D eigenvalue weighted by atomic mass is 10.1. The molecule has 1 unspecified atom stereocenters. The highest BCUT2D eigenvalue weighted by Gasteiger charge is 2.39. The van der Waals surface area contributed by atoms with Crippen molar-refractivity contribution in [2.75, 3.05) is 6.54 Å². The Kier molecular flexibility index (Phi) is 2.80. The SMILES string of the molecule is O=C1CCC(C(=O)N2CCC[C@H]2C(=O)O)N1. The van der Waals surface area contributed by atoms with Crippen LogP contribution < -0.4 is 5.32 Å². The van der Waals surface area contributed by atoms with Gasteiger partial charge in [-0.25, -0.2) is 4.79 Å². The quantitative estimate of drug-likeness (QED) is 0.654. The Labute approximate surface area is 92.6 Å². The van der Waals surface area contributed by atoms with Crippen molar-refractivity contribution in [3.8, 4) is 0 Å². The third kappa shape index (κ3) is 1.87. The van der Waals surface area contributed by atoms with Crippen LogP contribution in [0.25, 0.3) is 0 Å². The molecule has 2 aliphatic rings. The van der Waals surface area contributed by atoms with Gasteiger partial charge >= 0.3 is 5.97 Å². The van der Waals surface area contributed by atoms with E-state index >= 15 is 0 Å². The van der Waals surface area contributed by atoms with Crippen LogP contribution in [0, 0.1) is 0 Å². The molecule has 0 aromatic rings. The second-order valence-electron chi connectivity index (χ2n) is 4.19. The van der Waals surface area contributed by atoms with Crippen molar-refractivity contribution < 1.29 is 19.5 Å². The van der Waals surface area contributed by atoms with Gasteiger partial charge in [0.25, 0.3) is 0 Å². The minimum Gasteiger partial charge on any atom is -0.480 e. The number of amides is 2. The van der Waals surface area contributed by atoms with Crippen molar-refractivity contribution in [2.45, 2.75) is 37.8 Å². The van der Waals surface area contributed by atoms with Gasteiger partial charge in [0.2, 0.25) is 11.8 Å². The van der Waals surface area contributed by atoms with Gasteiger partial charge in [-0.2, -0.15) is 0 Å². The number of nitrogens with one attached hydrogen (secondary N) is 1. The molecule has 2 aliphatic heterocycles. The van der Waals surface area contributed by atoms with Gasteiger partial charge in [-0.15, -0.1) is 0 Å². The van der Waals surface area contributed by atoms with Crippen LogP contribution >= 0.6 is 0 Å². The van der Waals surface area contributed by atoms with E-state index in [2.05, 4.69) is 5.32 Å². The number of aliphatic carboxylic acids is 1. The maximum absolute atomic E-state index is 12.0. The Morgan fingerprint density at radius 1 is 1.38 bits per heavy atom. The fourth-order valence-corrected chi connectivity index (χ4v) is 2.29. The first-order chi connectivity index (χ1) is 7.59. The van der Waals surface area contributed by atoms with Gasteiger partial charge in [-0.1, -0.05) is 0 Å². The molecule has 6 heteroatoms. The highest BCUT2D eigenvalue weighted by atomic mass is 16.4. The van der Waals surface area contributed by atoms with Crippen LogP contribution in [0.1, 0.15) is 25.7 Å². The number of carbonyl (C=O) groups is 3. The summed E-state index contributed by atoms with van der Waals surface area (Å²) in [4.78, 5) is 35.2. The first-order valence-electron chi connectivity index (χ1n) is 5.42. The summed E-state index contributed by atoms with van der Waals surface area (Å²) in [5.41, 5.74) is 0. The lowest BCUT2D eigenvalue weighted by Crippen LogP contribution is -2.48. The number of carboxylic acid groups (broad SMARTS) is 1.